The smallest absolute Gasteiger partial charge is 0.339 e. The number of amidine groups is 1. The molecule has 11 nitrogen and oxygen atoms in total. The molecule has 1 aliphatic rings. The van der Waals surface area contributed by atoms with Crippen molar-refractivity contribution in [2.45, 2.75) is 44.4 Å². The van der Waals surface area contributed by atoms with E-state index in [1.807, 2.05) is 0 Å². The molecule has 0 saturated carbocycles. The summed E-state index contributed by atoms with van der Waals surface area (Å²) in [6, 6.07) is 14.3. The van der Waals surface area contributed by atoms with Crippen LogP contribution in [0.5, 0.6) is 5.75 Å². The number of benzene rings is 2. The van der Waals surface area contributed by atoms with Crippen molar-refractivity contribution in [1.82, 2.24) is 10.2 Å². The molecule has 0 aromatic heterocycles. The van der Waals surface area contributed by atoms with Gasteiger partial charge in [0.2, 0.25) is 5.91 Å². The third-order valence-corrected chi connectivity index (χ3v) is 5.92. The Bertz CT molecular complexity index is 1090. The molecule has 0 radical (unpaired) electrons. The lowest BCUT2D eigenvalue weighted by Gasteiger charge is -2.50. The quantitative estimate of drug-likeness (QED) is 0.152. The van der Waals surface area contributed by atoms with Crippen LogP contribution in [0.25, 0.3) is 0 Å². The fraction of sp³-hybridized carbons (Fsp3) is 0.333. The highest BCUT2D eigenvalue weighted by Crippen LogP contribution is 2.43. The Morgan fingerprint density at radius 3 is 2.40 bits per heavy atom. The predicted molar refractivity (Wildman–Crippen MR) is 124 cm³/mol. The number of phenolic OH excluding ortho intramolecular Hbond substituents is 1. The van der Waals surface area contributed by atoms with Gasteiger partial charge in [-0.25, -0.2) is 4.79 Å². The maximum absolute atomic E-state index is 13.2. The highest BCUT2D eigenvalue weighted by molar-refractivity contribution is 5.95. The van der Waals surface area contributed by atoms with Gasteiger partial charge in [-0.3, -0.25) is 14.5 Å². The third-order valence-electron chi connectivity index (χ3n) is 5.92. The number of piperidine rings is 1. The van der Waals surface area contributed by atoms with Gasteiger partial charge in [-0.15, -0.1) is 0 Å². The summed E-state index contributed by atoms with van der Waals surface area (Å²) >= 11 is 0. The van der Waals surface area contributed by atoms with E-state index in [4.69, 9.17) is 15.5 Å². The number of rotatable bonds is 7. The lowest BCUT2D eigenvalue weighted by Crippen LogP contribution is -2.68. The van der Waals surface area contributed by atoms with Gasteiger partial charge in [0.05, 0.1) is 5.92 Å². The first-order chi connectivity index (χ1) is 16.7. The van der Waals surface area contributed by atoms with E-state index in [0.717, 1.165) is 6.92 Å². The SMILES string of the molecule is CCC(=O)N1CCC(OOC(C)=O)(C(N)=NO)C(c2ccc(O)cc2)C1NC(=O)c1ccccc1. The monoisotopic (exact) mass is 484 g/mol. The van der Waals surface area contributed by atoms with E-state index in [9.17, 15) is 24.7 Å². The first kappa shape index (κ1) is 25.5. The summed E-state index contributed by atoms with van der Waals surface area (Å²) in [6.07, 6.45) is -0.920. The van der Waals surface area contributed by atoms with Crippen molar-refractivity contribution in [2.75, 3.05) is 6.54 Å². The van der Waals surface area contributed by atoms with Crippen LogP contribution in [-0.4, -0.2) is 57.1 Å². The number of phenols is 1. The predicted octanol–water partition coefficient (Wildman–Crippen LogP) is 1.85. The molecule has 0 aliphatic carbocycles. The zero-order chi connectivity index (χ0) is 25.6. The Morgan fingerprint density at radius 2 is 1.83 bits per heavy atom. The summed E-state index contributed by atoms with van der Waals surface area (Å²) < 4.78 is 0. The van der Waals surface area contributed by atoms with Crippen LogP contribution in [0.4, 0.5) is 0 Å². The largest absolute Gasteiger partial charge is 0.508 e. The summed E-state index contributed by atoms with van der Waals surface area (Å²) in [4.78, 5) is 49.6. The first-order valence-corrected chi connectivity index (χ1v) is 11.0. The van der Waals surface area contributed by atoms with Crippen LogP contribution in [0, 0.1) is 0 Å². The number of hydrogen-bond acceptors (Lipinski definition) is 8. The van der Waals surface area contributed by atoms with Crippen molar-refractivity contribution in [3.8, 4) is 5.75 Å². The molecule has 2 aromatic carbocycles. The van der Waals surface area contributed by atoms with Gasteiger partial charge in [0.1, 0.15) is 11.9 Å². The van der Waals surface area contributed by atoms with Crippen molar-refractivity contribution < 1.29 is 34.5 Å². The first-order valence-electron chi connectivity index (χ1n) is 11.0. The number of nitrogens with zero attached hydrogens (tertiary/aromatic N) is 2. The Hall–Kier alpha value is -4.12. The number of aromatic hydroxyl groups is 1. The van der Waals surface area contributed by atoms with Crippen molar-refractivity contribution >= 4 is 23.6 Å². The van der Waals surface area contributed by atoms with E-state index in [-0.39, 0.29) is 31.0 Å². The van der Waals surface area contributed by atoms with E-state index >= 15 is 0 Å². The van der Waals surface area contributed by atoms with Gasteiger partial charge in [0.25, 0.3) is 5.91 Å². The topological polar surface area (TPSA) is 164 Å². The number of oxime groups is 1. The summed E-state index contributed by atoms with van der Waals surface area (Å²) in [6.45, 7) is 2.85. The molecule has 2 aromatic rings. The fourth-order valence-electron chi connectivity index (χ4n) is 4.24. The second-order valence-electron chi connectivity index (χ2n) is 8.08. The molecule has 3 atom stereocenters. The molecule has 186 valence electrons. The Balaban J connectivity index is 2.19. The number of amides is 2. The van der Waals surface area contributed by atoms with Gasteiger partial charge < -0.3 is 26.3 Å². The van der Waals surface area contributed by atoms with Crippen molar-refractivity contribution in [1.29, 1.82) is 0 Å². The molecule has 11 heteroatoms. The van der Waals surface area contributed by atoms with Gasteiger partial charge in [0, 0.05) is 31.9 Å². The number of nitrogens with two attached hydrogens (primary N) is 1. The molecule has 1 fully saturated rings. The van der Waals surface area contributed by atoms with Crippen LogP contribution in [0.1, 0.15) is 48.5 Å². The Morgan fingerprint density at radius 1 is 1.17 bits per heavy atom. The molecule has 3 unspecified atom stereocenters. The molecule has 1 heterocycles. The maximum atomic E-state index is 13.2. The molecule has 5 N–H and O–H groups in total. The molecular weight excluding hydrogens is 456 g/mol. The number of likely N-dealkylation sites (tertiary alicyclic amines) is 1. The van der Waals surface area contributed by atoms with Crippen LogP contribution < -0.4 is 11.1 Å². The summed E-state index contributed by atoms with van der Waals surface area (Å²) in [5, 5.41) is 25.5. The Labute approximate surface area is 202 Å². The highest BCUT2D eigenvalue weighted by atomic mass is 17.2. The van der Waals surface area contributed by atoms with Gasteiger partial charge in [-0.1, -0.05) is 42.4 Å². The summed E-state index contributed by atoms with van der Waals surface area (Å²) in [7, 11) is 0. The van der Waals surface area contributed by atoms with Crippen LogP contribution >= 0.6 is 0 Å². The molecule has 0 spiro atoms. The lowest BCUT2D eigenvalue weighted by molar-refractivity contribution is -0.327. The van der Waals surface area contributed by atoms with Gasteiger partial charge >= 0.3 is 5.97 Å². The van der Waals surface area contributed by atoms with E-state index in [1.54, 1.807) is 49.4 Å². The molecule has 35 heavy (non-hydrogen) atoms. The van der Waals surface area contributed by atoms with Crippen LogP contribution in [0.3, 0.4) is 0 Å². The normalized spacial score (nSPS) is 22.3. The van der Waals surface area contributed by atoms with Crippen LogP contribution in [0.2, 0.25) is 0 Å². The minimum absolute atomic E-state index is 0.0220. The molecule has 2 amide bonds. The fourth-order valence-corrected chi connectivity index (χ4v) is 4.24. The second-order valence-corrected chi connectivity index (χ2v) is 8.08. The highest BCUT2D eigenvalue weighted by Gasteiger charge is 2.56. The minimum atomic E-state index is -1.75. The number of carbonyl (C=O) groups excluding carboxylic acids is 3. The third kappa shape index (κ3) is 5.35. The zero-order valence-corrected chi connectivity index (χ0v) is 19.4. The molecular formula is C24H28N4O7. The van der Waals surface area contributed by atoms with Crippen molar-refractivity contribution in [3.63, 3.8) is 0 Å². The molecule has 1 aliphatic heterocycles. The lowest BCUT2D eigenvalue weighted by atomic mass is 9.73. The van der Waals surface area contributed by atoms with Gasteiger partial charge in [-0.05, 0) is 29.8 Å². The average molecular weight is 485 g/mol. The number of nitrogens with one attached hydrogen (secondary N) is 1. The average Bonchev–Trinajstić information content (AvgIpc) is 2.87. The minimum Gasteiger partial charge on any atom is -0.508 e. The Kier molecular flexibility index (Phi) is 7.92. The van der Waals surface area contributed by atoms with Crippen molar-refractivity contribution in [3.05, 3.63) is 65.7 Å². The van der Waals surface area contributed by atoms with Crippen LogP contribution in [0.15, 0.2) is 59.8 Å². The standard InChI is InChI=1S/C24H28N4O7/c1-3-19(31)28-14-13-24(23(25)27-33,35-34-15(2)29)20(16-9-11-18(30)12-10-16)21(28)26-22(32)17-7-5-4-6-8-17/h4-12,20-21,30,33H,3,13-14H2,1-2H3,(H2,25,27)(H,26,32). The molecule has 0 bridgehead atoms. The summed E-state index contributed by atoms with van der Waals surface area (Å²) in [5.41, 5.74) is 5.16. The van der Waals surface area contributed by atoms with E-state index < -0.39 is 35.4 Å². The van der Waals surface area contributed by atoms with Crippen molar-refractivity contribution in [2.24, 2.45) is 10.9 Å². The number of carbonyl (C=O) groups is 3. The summed E-state index contributed by atoms with van der Waals surface area (Å²) in [5.74, 6) is -2.96. The zero-order valence-electron chi connectivity index (χ0n) is 19.4. The molecule has 1 saturated heterocycles. The van der Waals surface area contributed by atoms with Crippen LogP contribution in [-0.2, 0) is 19.4 Å². The number of hydrogen-bond donors (Lipinski definition) is 4. The second kappa shape index (κ2) is 10.9. The van der Waals surface area contributed by atoms with Gasteiger partial charge in [-0.2, -0.15) is 4.89 Å². The molecule has 3 rings (SSSR count). The van der Waals surface area contributed by atoms with E-state index in [1.165, 1.54) is 17.0 Å². The van der Waals surface area contributed by atoms with E-state index in [0.29, 0.717) is 11.1 Å². The van der Waals surface area contributed by atoms with E-state index in [2.05, 4.69) is 10.5 Å². The maximum Gasteiger partial charge on any atom is 0.339 e. The van der Waals surface area contributed by atoms with Gasteiger partial charge in [0.15, 0.2) is 11.4 Å².